The summed E-state index contributed by atoms with van der Waals surface area (Å²) in [6.45, 7) is 0. The van der Waals surface area contributed by atoms with Crippen LogP contribution in [0.25, 0.3) is 10.2 Å². The molecule has 0 atom stereocenters. The summed E-state index contributed by atoms with van der Waals surface area (Å²) in [5.74, 6) is 0. The van der Waals surface area contributed by atoms with E-state index in [1.807, 2.05) is 49.4 Å². The summed E-state index contributed by atoms with van der Waals surface area (Å²) < 4.78 is 1.23. The standard InChI is InChI=1S/C10H13N3S/c1-12(2)13(3)10-11-8-6-4-5-7-9(8)14-10/h4-7H,1-3H3. The Morgan fingerprint density at radius 2 is 1.86 bits per heavy atom. The molecule has 2 rings (SSSR count). The zero-order valence-electron chi connectivity index (χ0n) is 8.56. The third-order valence-corrected chi connectivity index (χ3v) is 3.26. The molecule has 74 valence electrons. The van der Waals surface area contributed by atoms with Crippen molar-refractivity contribution in [2.24, 2.45) is 0 Å². The first-order valence-corrected chi connectivity index (χ1v) is 5.26. The summed E-state index contributed by atoms with van der Waals surface area (Å²) in [5.41, 5.74) is 1.07. The first kappa shape index (κ1) is 9.43. The van der Waals surface area contributed by atoms with Crippen LogP contribution in [-0.2, 0) is 0 Å². The molecule has 0 unspecified atom stereocenters. The van der Waals surface area contributed by atoms with Crippen LogP contribution in [0.15, 0.2) is 24.3 Å². The van der Waals surface area contributed by atoms with Gasteiger partial charge in [0.2, 0.25) is 5.13 Å². The van der Waals surface area contributed by atoms with Crippen molar-refractivity contribution >= 4 is 26.7 Å². The predicted molar refractivity (Wildman–Crippen MR) is 61.7 cm³/mol. The number of rotatable bonds is 2. The van der Waals surface area contributed by atoms with Gasteiger partial charge >= 0.3 is 0 Å². The average Bonchev–Trinajstić information content (AvgIpc) is 2.59. The minimum absolute atomic E-state index is 1.02. The third-order valence-electron chi connectivity index (χ3n) is 2.16. The van der Waals surface area contributed by atoms with Crippen molar-refractivity contribution in [3.8, 4) is 0 Å². The zero-order chi connectivity index (χ0) is 10.1. The van der Waals surface area contributed by atoms with Gasteiger partial charge in [0.05, 0.1) is 10.2 Å². The largest absolute Gasteiger partial charge is 0.284 e. The van der Waals surface area contributed by atoms with Crippen LogP contribution in [-0.4, -0.2) is 31.1 Å². The lowest BCUT2D eigenvalue weighted by molar-refractivity contribution is 0.397. The highest BCUT2D eigenvalue weighted by molar-refractivity contribution is 7.22. The number of fused-ring (bicyclic) bond motifs is 1. The molecule has 0 saturated heterocycles. The minimum Gasteiger partial charge on any atom is -0.284 e. The Kier molecular flexibility index (Phi) is 2.39. The van der Waals surface area contributed by atoms with E-state index in [1.54, 1.807) is 11.3 Å². The fourth-order valence-corrected chi connectivity index (χ4v) is 2.17. The van der Waals surface area contributed by atoms with E-state index in [0.29, 0.717) is 0 Å². The van der Waals surface area contributed by atoms with E-state index in [1.165, 1.54) is 4.70 Å². The highest BCUT2D eigenvalue weighted by Crippen LogP contribution is 2.27. The van der Waals surface area contributed by atoms with Gasteiger partial charge < -0.3 is 0 Å². The van der Waals surface area contributed by atoms with Crippen molar-refractivity contribution in [2.75, 3.05) is 26.2 Å². The molecule has 0 bridgehead atoms. The monoisotopic (exact) mass is 207 g/mol. The molecule has 1 heterocycles. The number of thiazole rings is 1. The van der Waals surface area contributed by atoms with Crippen LogP contribution >= 0.6 is 11.3 Å². The summed E-state index contributed by atoms with van der Waals surface area (Å²) in [6.07, 6.45) is 0. The van der Waals surface area contributed by atoms with Crippen LogP contribution in [0.1, 0.15) is 0 Å². The number of hydrogen-bond acceptors (Lipinski definition) is 4. The van der Waals surface area contributed by atoms with Crippen molar-refractivity contribution in [3.05, 3.63) is 24.3 Å². The lowest BCUT2D eigenvalue weighted by Gasteiger charge is -2.22. The van der Waals surface area contributed by atoms with E-state index in [2.05, 4.69) is 11.1 Å². The molecule has 0 saturated carbocycles. The van der Waals surface area contributed by atoms with Gasteiger partial charge in [-0.2, -0.15) is 0 Å². The van der Waals surface area contributed by atoms with Crippen LogP contribution in [0.4, 0.5) is 5.13 Å². The van der Waals surface area contributed by atoms with E-state index in [9.17, 15) is 0 Å². The van der Waals surface area contributed by atoms with Crippen LogP contribution in [0.5, 0.6) is 0 Å². The van der Waals surface area contributed by atoms with E-state index in [0.717, 1.165) is 10.6 Å². The van der Waals surface area contributed by atoms with Gasteiger partial charge in [-0.25, -0.2) is 9.99 Å². The van der Waals surface area contributed by atoms with Gasteiger partial charge in [0.15, 0.2) is 0 Å². The second kappa shape index (κ2) is 3.55. The molecule has 14 heavy (non-hydrogen) atoms. The van der Waals surface area contributed by atoms with Gasteiger partial charge in [0.1, 0.15) is 0 Å². The molecule has 0 amide bonds. The van der Waals surface area contributed by atoms with E-state index >= 15 is 0 Å². The van der Waals surface area contributed by atoms with Gasteiger partial charge in [-0.1, -0.05) is 23.5 Å². The second-order valence-electron chi connectivity index (χ2n) is 3.33. The number of hydrogen-bond donors (Lipinski definition) is 0. The van der Waals surface area contributed by atoms with Crippen LogP contribution in [0, 0.1) is 0 Å². The molecule has 0 aliphatic heterocycles. The summed E-state index contributed by atoms with van der Waals surface area (Å²) in [5, 5.41) is 5.07. The topological polar surface area (TPSA) is 19.4 Å². The van der Waals surface area contributed by atoms with Gasteiger partial charge in [-0.15, -0.1) is 0 Å². The Hall–Kier alpha value is -1.13. The lowest BCUT2D eigenvalue weighted by Crippen LogP contribution is -2.32. The Balaban J connectivity index is 2.45. The first-order chi connectivity index (χ1) is 6.68. The Bertz CT molecular complexity index is 403. The molecule has 1 aromatic carbocycles. The Morgan fingerprint density at radius 1 is 1.14 bits per heavy atom. The maximum absolute atomic E-state index is 4.54. The number of hydrazine groups is 1. The smallest absolute Gasteiger partial charge is 0.200 e. The third kappa shape index (κ3) is 1.58. The van der Waals surface area contributed by atoms with E-state index < -0.39 is 0 Å². The molecule has 0 fully saturated rings. The SMILES string of the molecule is CN(C)N(C)c1nc2ccccc2s1. The Labute approximate surface area is 87.6 Å². The zero-order valence-corrected chi connectivity index (χ0v) is 9.38. The van der Waals surface area contributed by atoms with E-state index in [4.69, 9.17) is 0 Å². The van der Waals surface area contributed by atoms with Crippen molar-refractivity contribution in [1.29, 1.82) is 0 Å². The van der Waals surface area contributed by atoms with Crippen LogP contribution < -0.4 is 5.01 Å². The Morgan fingerprint density at radius 3 is 2.50 bits per heavy atom. The first-order valence-electron chi connectivity index (χ1n) is 4.45. The lowest BCUT2D eigenvalue weighted by atomic mass is 10.3. The maximum Gasteiger partial charge on any atom is 0.200 e. The number of anilines is 1. The molecule has 0 spiro atoms. The van der Waals surface area contributed by atoms with Gasteiger partial charge in [0, 0.05) is 21.1 Å². The number of para-hydroxylation sites is 1. The molecule has 0 N–H and O–H groups in total. The molecule has 0 aliphatic carbocycles. The van der Waals surface area contributed by atoms with Crippen molar-refractivity contribution in [2.45, 2.75) is 0 Å². The average molecular weight is 207 g/mol. The van der Waals surface area contributed by atoms with E-state index in [-0.39, 0.29) is 0 Å². The van der Waals surface area contributed by atoms with Crippen LogP contribution in [0.2, 0.25) is 0 Å². The van der Waals surface area contributed by atoms with Crippen molar-refractivity contribution in [3.63, 3.8) is 0 Å². The molecule has 0 aliphatic rings. The van der Waals surface area contributed by atoms with Gasteiger partial charge in [0.25, 0.3) is 0 Å². The van der Waals surface area contributed by atoms with Gasteiger partial charge in [-0.3, -0.25) is 5.01 Å². The van der Waals surface area contributed by atoms with Crippen molar-refractivity contribution in [1.82, 2.24) is 9.99 Å². The summed E-state index contributed by atoms with van der Waals surface area (Å²) in [4.78, 5) is 4.54. The quantitative estimate of drug-likeness (QED) is 0.704. The molecule has 1 aromatic heterocycles. The molecular weight excluding hydrogens is 194 g/mol. The summed E-state index contributed by atoms with van der Waals surface area (Å²) in [6, 6.07) is 8.19. The maximum atomic E-state index is 4.54. The fraction of sp³-hybridized carbons (Fsp3) is 0.300. The number of nitrogens with zero attached hydrogens (tertiary/aromatic N) is 3. The highest BCUT2D eigenvalue weighted by Gasteiger charge is 2.08. The predicted octanol–water partition coefficient (Wildman–Crippen LogP) is 2.21. The normalized spacial score (nSPS) is 11.1. The summed E-state index contributed by atoms with van der Waals surface area (Å²) >= 11 is 1.71. The highest BCUT2D eigenvalue weighted by atomic mass is 32.1. The minimum atomic E-state index is 1.02. The fourth-order valence-electron chi connectivity index (χ4n) is 1.17. The van der Waals surface area contributed by atoms with Gasteiger partial charge in [-0.05, 0) is 12.1 Å². The van der Waals surface area contributed by atoms with Crippen LogP contribution in [0.3, 0.4) is 0 Å². The second-order valence-corrected chi connectivity index (χ2v) is 4.34. The molecule has 4 heteroatoms. The molecule has 2 aromatic rings. The number of benzene rings is 1. The van der Waals surface area contributed by atoms with Crippen molar-refractivity contribution < 1.29 is 0 Å². The summed E-state index contributed by atoms with van der Waals surface area (Å²) in [7, 11) is 6.02. The molecular formula is C10H13N3S. The molecule has 0 radical (unpaired) electrons. The number of aromatic nitrogens is 1. The molecule has 3 nitrogen and oxygen atoms in total.